The lowest BCUT2D eigenvalue weighted by Gasteiger charge is -2.17. The average Bonchev–Trinajstić information content (AvgIpc) is 3.26. The molecule has 0 saturated heterocycles. The number of carbonyl (C=O) groups is 2. The van der Waals surface area contributed by atoms with Gasteiger partial charge in [0.1, 0.15) is 23.8 Å². The zero-order valence-electron chi connectivity index (χ0n) is 17.8. The number of amides is 2. The molecule has 0 aliphatic heterocycles. The first-order chi connectivity index (χ1) is 14.9. The number of aryl methyl sites for hydroxylation is 2. The van der Waals surface area contributed by atoms with E-state index in [1.165, 1.54) is 12.3 Å². The fourth-order valence-electron chi connectivity index (χ4n) is 2.85. The van der Waals surface area contributed by atoms with Gasteiger partial charge in [-0.05, 0) is 57.2 Å². The van der Waals surface area contributed by atoms with Crippen molar-refractivity contribution in [3.8, 4) is 5.75 Å². The second kappa shape index (κ2) is 10.3. The van der Waals surface area contributed by atoms with Crippen LogP contribution in [0.5, 0.6) is 5.75 Å². The molecule has 0 aliphatic rings. The van der Waals surface area contributed by atoms with Crippen molar-refractivity contribution in [3.05, 3.63) is 95.1 Å². The number of carbonyl (C=O) groups excluding carboxylic acids is 2. The molecular formula is C25H26N2O4. The van der Waals surface area contributed by atoms with E-state index < -0.39 is 5.91 Å². The summed E-state index contributed by atoms with van der Waals surface area (Å²) in [5.41, 5.74) is 2.65. The summed E-state index contributed by atoms with van der Waals surface area (Å²) in [6.07, 6.45) is 3.00. The zero-order valence-corrected chi connectivity index (χ0v) is 17.8. The Bertz CT molecular complexity index is 1050. The van der Waals surface area contributed by atoms with Gasteiger partial charge in [-0.25, -0.2) is 0 Å². The smallest absolute Gasteiger partial charge is 0.268 e. The van der Waals surface area contributed by atoms with Gasteiger partial charge in [0.15, 0.2) is 0 Å². The van der Waals surface area contributed by atoms with Gasteiger partial charge in [-0.2, -0.15) is 0 Å². The highest BCUT2D eigenvalue weighted by molar-refractivity contribution is 6.05. The van der Waals surface area contributed by atoms with Crippen LogP contribution in [-0.4, -0.2) is 24.5 Å². The van der Waals surface area contributed by atoms with Gasteiger partial charge in [-0.3, -0.25) is 9.59 Å². The van der Waals surface area contributed by atoms with Crippen molar-refractivity contribution in [2.45, 2.75) is 26.8 Å². The maximum absolute atomic E-state index is 12.9. The Morgan fingerprint density at radius 2 is 1.81 bits per heavy atom. The minimum absolute atomic E-state index is 0.0867. The van der Waals surface area contributed by atoms with Crippen LogP contribution in [0.1, 0.15) is 34.2 Å². The van der Waals surface area contributed by atoms with Crippen molar-refractivity contribution in [2.24, 2.45) is 0 Å². The molecule has 160 valence electrons. The summed E-state index contributed by atoms with van der Waals surface area (Å²) in [5.74, 6) is 0.377. The van der Waals surface area contributed by atoms with E-state index in [1.54, 1.807) is 30.3 Å². The van der Waals surface area contributed by atoms with E-state index in [0.717, 1.165) is 16.9 Å². The highest BCUT2D eigenvalue weighted by atomic mass is 16.5. The Labute approximate surface area is 181 Å². The van der Waals surface area contributed by atoms with Gasteiger partial charge in [0.05, 0.1) is 12.3 Å². The third-order valence-corrected chi connectivity index (χ3v) is 4.50. The van der Waals surface area contributed by atoms with Crippen LogP contribution < -0.4 is 15.4 Å². The summed E-state index contributed by atoms with van der Waals surface area (Å²) in [4.78, 5) is 25.6. The molecule has 1 atom stereocenters. The Morgan fingerprint density at radius 1 is 1.03 bits per heavy atom. The summed E-state index contributed by atoms with van der Waals surface area (Å²) in [6.45, 7) is 6.02. The molecule has 2 aromatic carbocycles. The van der Waals surface area contributed by atoms with Gasteiger partial charge in [0, 0.05) is 11.6 Å². The Morgan fingerprint density at radius 3 is 2.48 bits per heavy atom. The second-order valence-corrected chi connectivity index (χ2v) is 7.40. The summed E-state index contributed by atoms with van der Waals surface area (Å²) in [7, 11) is 0. The fraction of sp³-hybridized carbons (Fsp3) is 0.200. The molecule has 2 amide bonds. The topological polar surface area (TPSA) is 80.6 Å². The second-order valence-electron chi connectivity index (χ2n) is 7.40. The van der Waals surface area contributed by atoms with Crippen LogP contribution in [0, 0.1) is 13.8 Å². The monoisotopic (exact) mass is 418 g/mol. The lowest BCUT2D eigenvalue weighted by molar-refractivity contribution is -0.118. The number of hydrogen-bond acceptors (Lipinski definition) is 4. The largest absolute Gasteiger partial charge is 0.491 e. The molecule has 0 unspecified atom stereocenters. The number of ether oxygens (including phenoxy) is 1. The standard InChI is InChI=1S/C25H26N2O4/c1-17-9-11-21(12-10-17)31-16-19(3)26-25(29)23(15-22-8-5-13-30-22)27-24(28)20-7-4-6-18(2)14-20/h4-15,19H,16H2,1-3H3,(H,26,29)(H,27,28)/b23-15-/t19-/m1/s1. The Hall–Kier alpha value is -3.80. The van der Waals surface area contributed by atoms with Crippen molar-refractivity contribution < 1.29 is 18.7 Å². The van der Waals surface area contributed by atoms with E-state index in [4.69, 9.17) is 9.15 Å². The molecule has 3 rings (SSSR count). The van der Waals surface area contributed by atoms with Gasteiger partial charge in [-0.15, -0.1) is 0 Å². The van der Waals surface area contributed by atoms with Crippen LogP contribution in [0.25, 0.3) is 6.08 Å². The molecule has 0 spiro atoms. The number of rotatable bonds is 8. The van der Waals surface area contributed by atoms with Crippen molar-refractivity contribution in [1.82, 2.24) is 10.6 Å². The van der Waals surface area contributed by atoms with Crippen LogP contribution in [0.15, 0.2) is 77.0 Å². The molecule has 3 aromatic rings. The lowest BCUT2D eigenvalue weighted by Crippen LogP contribution is -2.41. The maximum atomic E-state index is 12.9. The average molecular weight is 418 g/mol. The van der Waals surface area contributed by atoms with Crippen molar-refractivity contribution in [1.29, 1.82) is 0 Å². The van der Waals surface area contributed by atoms with E-state index in [2.05, 4.69) is 10.6 Å². The summed E-state index contributed by atoms with van der Waals surface area (Å²) >= 11 is 0. The van der Waals surface area contributed by atoms with Gasteiger partial charge in [0.2, 0.25) is 0 Å². The van der Waals surface area contributed by atoms with Crippen molar-refractivity contribution in [3.63, 3.8) is 0 Å². The third-order valence-electron chi connectivity index (χ3n) is 4.50. The van der Waals surface area contributed by atoms with E-state index in [0.29, 0.717) is 11.3 Å². The molecule has 0 aliphatic carbocycles. The molecule has 1 aromatic heterocycles. The van der Waals surface area contributed by atoms with Crippen LogP contribution in [0.3, 0.4) is 0 Å². The van der Waals surface area contributed by atoms with E-state index in [1.807, 2.05) is 51.1 Å². The first-order valence-corrected chi connectivity index (χ1v) is 10.0. The molecule has 0 fully saturated rings. The Balaban J connectivity index is 1.67. The zero-order chi connectivity index (χ0) is 22.2. The molecule has 0 saturated carbocycles. The number of hydrogen-bond donors (Lipinski definition) is 2. The third kappa shape index (κ3) is 6.60. The van der Waals surface area contributed by atoms with Crippen molar-refractivity contribution >= 4 is 17.9 Å². The molecule has 6 nitrogen and oxygen atoms in total. The van der Waals surface area contributed by atoms with Crippen LogP contribution in [0.4, 0.5) is 0 Å². The summed E-state index contributed by atoms with van der Waals surface area (Å²) in [5, 5.41) is 5.55. The highest BCUT2D eigenvalue weighted by Gasteiger charge is 2.17. The molecule has 31 heavy (non-hydrogen) atoms. The lowest BCUT2D eigenvalue weighted by atomic mass is 10.1. The SMILES string of the molecule is Cc1ccc(OC[C@@H](C)NC(=O)/C(=C/c2ccco2)NC(=O)c2cccc(C)c2)cc1. The minimum Gasteiger partial charge on any atom is -0.491 e. The number of nitrogens with one attached hydrogen (secondary N) is 2. The normalized spacial score (nSPS) is 12.2. The van der Waals surface area contributed by atoms with Crippen LogP contribution in [-0.2, 0) is 4.79 Å². The van der Waals surface area contributed by atoms with Crippen LogP contribution >= 0.6 is 0 Å². The van der Waals surface area contributed by atoms with E-state index in [9.17, 15) is 9.59 Å². The Kier molecular flexibility index (Phi) is 7.27. The van der Waals surface area contributed by atoms with Gasteiger partial charge in [0.25, 0.3) is 11.8 Å². The first-order valence-electron chi connectivity index (χ1n) is 10.0. The molecule has 1 heterocycles. The van der Waals surface area contributed by atoms with Gasteiger partial charge in [-0.1, -0.05) is 35.4 Å². The molecule has 0 radical (unpaired) electrons. The fourth-order valence-corrected chi connectivity index (χ4v) is 2.85. The minimum atomic E-state index is -0.433. The van der Waals surface area contributed by atoms with Crippen LogP contribution in [0.2, 0.25) is 0 Å². The predicted molar refractivity (Wildman–Crippen MR) is 120 cm³/mol. The van der Waals surface area contributed by atoms with Crippen molar-refractivity contribution in [2.75, 3.05) is 6.61 Å². The quantitative estimate of drug-likeness (QED) is 0.536. The van der Waals surface area contributed by atoms with Gasteiger partial charge < -0.3 is 19.8 Å². The molecular weight excluding hydrogens is 392 g/mol. The molecule has 6 heteroatoms. The number of furan rings is 1. The summed E-state index contributed by atoms with van der Waals surface area (Å²) < 4.78 is 11.0. The highest BCUT2D eigenvalue weighted by Crippen LogP contribution is 2.12. The summed E-state index contributed by atoms with van der Waals surface area (Å²) in [6, 6.07) is 18.0. The maximum Gasteiger partial charge on any atom is 0.268 e. The van der Waals surface area contributed by atoms with Gasteiger partial charge >= 0.3 is 0 Å². The number of benzene rings is 2. The first kappa shape index (κ1) is 21.9. The molecule has 2 N–H and O–H groups in total. The predicted octanol–water partition coefficient (Wildman–Crippen LogP) is 4.25. The molecule has 0 bridgehead atoms. The van der Waals surface area contributed by atoms with E-state index >= 15 is 0 Å². The van der Waals surface area contributed by atoms with E-state index in [-0.39, 0.29) is 24.3 Å².